The summed E-state index contributed by atoms with van der Waals surface area (Å²) in [6.07, 6.45) is 1.15. The lowest BCUT2D eigenvalue weighted by molar-refractivity contribution is -0.918. The number of amides is 1. The fourth-order valence-corrected chi connectivity index (χ4v) is 6.04. The fraction of sp³-hybridized carbons (Fsp3) is 0.650. The van der Waals surface area contributed by atoms with Gasteiger partial charge in [-0.15, -0.1) is 0 Å². The Hall–Kier alpha value is -1.51. The van der Waals surface area contributed by atoms with Crippen molar-refractivity contribution in [3.05, 3.63) is 30.1 Å². The Balaban J connectivity index is 1.62. The normalized spacial score (nSPS) is 26.2. The molecule has 3 atom stereocenters. The van der Waals surface area contributed by atoms with Gasteiger partial charge in [-0.2, -0.15) is 4.31 Å². The number of benzene rings is 1. The van der Waals surface area contributed by atoms with Crippen molar-refractivity contribution in [2.75, 3.05) is 39.3 Å². The molecular formula is C20H31FN3O3S+. The summed E-state index contributed by atoms with van der Waals surface area (Å²) in [6, 6.07) is 5.27. The van der Waals surface area contributed by atoms with Crippen LogP contribution in [0.1, 0.15) is 27.2 Å². The van der Waals surface area contributed by atoms with Gasteiger partial charge in [0.2, 0.25) is 10.0 Å². The van der Waals surface area contributed by atoms with Crippen LogP contribution in [0.2, 0.25) is 0 Å². The summed E-state index contributed by atoms with van der Waals surface area (Å²) < 4.78 is 40.8. The molecule has 0 unspecified atom stereocenters. The average molecular weight is 413 g/mol. The van der Waals surface area contributed by atoms with E-state index in [1.54, 1.807) is 0 Å². The SMILES string of the molecule is C[C@@H]1C[C@H](C)CN(C(=O)[C@@H](C)[NH+]2CCN(S(=O)(=O)c3ccccc3F)CC2)C1. The second-order valence-corrected chi connectivity index (χ2v) is 10.3. The van der Waals surface area contributed by atoms with Gasteiger partial charge in [0.15, 0.2) is 6.04 Å². The third kappa shape index (κ3) is 4.39. The Kier molecular flexibility index (Phi) is 6.41. The number of carbonyl (C=O) groups is 1. The maximum Gasteiger partial charge on any atom is 0.280 e. The number of hydrogen-bond acceptors (Lipinski definition) is 3. The standard InChI is InChI=1S/C20H30FN3O3S/c1-15-12-16(2)14-23(13-15)20(25)17(3)22-8-10-24(11-9-22)28(26,27)19-7-5-4-6-18(19)21/h4-7,15-17H,8-14H2,1-3H3/p+1/t15-,16+,17-/m1/s1. The number of nitrogens with zero attached hydrogens (tertiary/aromatic N) is 2. The highest BCUT2D eigenvalue weighted by Gasteiger charge is 2.37. The lowest BCUT2D eigenvalue weighted by atomic mass is 9.91. The number of piperazine rings is 1. The molecule has 0 saturated carbocycles. The molecular weight excluding hydrogens is 381 g/mol. The summed E-state index contributed by atoms with van der Waals surface area (Å²) in [5, 5.41) is 0. The molecule has 6 nitrogen and oxygen atoms in total. The minimum atomic E-state index is -3.85. The first-order valence-electron chi connectivity index (χ1n) is 10.1. The molecule has 3 rings (SSSR count). The topological polar surface area (TPSA) is 62.1 Å². The van der Waals surface area contributed by atoms with E-state index in [0.717, 1.165) is 30.5 Å². The van der Waals surface area contributed by atoms with Crippen LogP contribution < -0.4 is 4.90 Å². The summed E-state index contributed by atoms with van der Waals surface area (Å²) in [7, 11) is -3.85. The lowest BCUT2D eigenvalue weighted by Gasteiger charge is -2.39. The maximum absolute atomic E-state index is 14.0. The van der Waals surface area contributed by atoms with Crippen LogP contribution in [-0.4, -0.2) is 68.8 Å². The molecule has 1 aromatic rings. The Morgan fingerprint density at radius 3 is 2.29 bits per heavy atom. The molecule has 2 aliphatic rings. The fourth-order valence-electron chi connectivity index (χ4n) is 4.53. The Morgan fingerprint density at radius 2 is 1.71 bits per heavy atom. The smallest absolute Gasteiger partial charge is 0.280 e. The van der Waals surface area contributed by atoms with Crippen LogP contribution in [0.25, 0.3) is 0 Å². The molecule has 8 heteroatoms. The van der Waals surface area contributed by atoms with Gasteiger partial charge in [-0.25, -0.2) is 12.8 Å². The highest BCUT2D eigenvalue weighted by Crippen LogP contribution is 2.21. The zero-order valence-electron chi connectivity index (χ0n) is 16.9. The summed E-state index contributed by atoms with van der Waals surface area (Å²) in [4.78, 5) is 15.7. The van der Waals surface area contributed by atoms with E-state index in [2.05, 4.69) is 13.8 Å². The molecule has 28 heavy (non-hydrogen) atoms. The van der Waals surface area contributed by atoms with Crippen molar-refractivity contribution >= 4 is 15.9 Å². The van der Waals surface area contributed by atoms with Crippen LogP contribution in [0, 0.1) is 17.7 Å². The van der Waals surface area contributed by atoms with E-state index in [-0.39, 0.29) is 29.9 Å². The molecule has 0 bridgehead atoms. The largest absolute Gasteiger partial charge is 0.337 e. The minimum absolute atomic E-state index is 0.152. The zero-order chi connectivity index (χ0) is 20.5. The molecule has 2 heterocycles. The summed E-state index contributed by atoms with van der Waals surface area (Å²) >= 11 is 0. The lowest BCUT2D eigenvalue weighted by Crippen LogP contribution is -3.19. The quantitative estimate of drug-likeness (QED) is 0.788. The molecule has 0 spiro atoms. The Labute approximate surface area is 167 Å². The van der Waals surface area contributed by atoms with Crippen LogP contribution in [0.3, 0.4) is 0 Å². The Bertz CT molecular complexity index is 799. The number of carbonyl (C=O) groups excluding carboxylic acids is 1. The zero-order valence-corrected chi connectivity index (χ0v) is 17.7. The first kappa shape index (κ1) is 21.2. The van der Waals surface area contributed by atoms with E-state index in [1.807, 2.05) is 11.8 Å². The van der Waals surface area contributed by atoms with Crippen molar-refractivity contribution < 1.29 is 22.5 Å². The highest BCUT2D eigenvalue weighted by atomic mass is 32.2. The highest BCUT2D eigenvalue weighted by molar-refractivity contribution is 7.89. The van der Waals surface area contributed by atoms with Gasteiger partial charge in [-0.3, -0.25) is 4.79 Å². The van der Waals surface area contributed by atoms with E-state index in [4.69, 9.17) is 0 Å². The van der Waals surface area contributed by atoms with Gasteiger partial charge in [0.1, 0.15) is 10.7 Å². The van der Waals surface area contributed by atoms with E-state index in [1.165, 1.54) is 22.5 Å². The van der Waals surface area contributed by atoms with E-state index in [9.17, 15) is 17.6 Å². The molecule has 1 N–H and O–H groups in total. The number of piperidine rings is 1. The molecule has 0 aliphatic carbocycles. The van der Waals surface area contributed by atoms with Crippen molar-refractivity contribution in [1.82, 2.24) is 9.21 Å². The van der Waals surface area contributed by atoms with Crippen LogP contribution in [0.5, 0.6) is 0 Å². The predicted octanol–water partition coefficient (Wildman–Crippen LogP) is 0.608. The molecule has 0 radical (unpaired) electrons. The summed E-state index contributed by atoms with van der Waals surface area (Å²) in [5.41, 5.74) is 0. The molecule has 2 aliphatic heterocycles. The molecule has 0 aromatic heterocycles. The van der Waals surface area contributed by atoms with Crippen molar-refractivity contribution in [1.29, 1.82) is 0 Å². The van der Waals surface area contributed by atoms with Gasteiger partial charge in [0.25, 0.3) is 5.91 Å². The number of hydrogen-bond donors (Lipinski definition) is 1. The number of sulfonamides is 1. The van der Waals surface area contributed by atoms with Crippen molar-refractivity contribution in [3.8, 4) is 0 Å². The third-order valence-electron chi connectivity index (χ3n) is 5.98. The number of halogens is 1. The minimum Gasteiger partial charge on any atom is -0.337 e. The summed E-state index contributed by atoms with van der Waals surface area (Å²) in [5.74, 6) is 0.447. The van der Waals surface area contributed by atoms with Gasteiger partial charge >= 0.3 is 0 Å². The van der Waals surface area contributed by atoms with E-state index >= 15 is 0 Å². The van der Waals surface area contributed by atoms with Crippen molar-refractivity contribution in [2.45, 2.75) is 38.1 Å². The van der Waals surface area contributed by atoms with Gasteiger partial charge < -0.3 is 9.80 Å². The monoisotopic (exact) mass is 412 g/mol. The van der Waals surface area contributed by atoms with Crippen LogP contribution in [0.4, 0.5) is 4.39 Å². The number of nitrogens with one attached hydrogen (secondary N) is 1. The average Bonchev–Trinajstić information content (AvgIpc) is 2.66. The van der Waals surface area contributed by atoms with Gasteiger partial charge in [-0.05, 0) is 37.3 Å². The first-order valence-corrected chi connectivity index (χ1v) is 11.5. The van der Waals surface area contributed by atoms with Gasteiger partial charge in [0, 0.05) is 13.1 Å². The maximum atomic E-state index is 14.0. The van der Waals surface area contributed by atoms with E-state index < -0.39 is 15.8 Å². The molecule has 156 valence electrons. The van der Waals surface area contributed by atoms with Crippen LogP contribution >= 0.6 is 0 Å². The van der Waals surface area contributed by atoms with Gasteiger partial charge in [0.05, 0.1) is 26.2 Å². The third-order valence-corrected chi connectivity index (χ3v) is 7.91. The van der Waals surface area contributed by atoms with Crippen LogP contribution in [-0.2, 0) is 14.8 Å². The van der Waals surface area contributed by atoms with Crippen LogP contribution in [0.15, 0.2) is 29.2 Å². The van der Waals surface area contributed by atoms with Crippen molar-refractivity contribution in [3.63, 3.8) is 0 Å². The number of quaternary nitrogens is 1. The van der Waals surface area contributed by atoms with Gasteiger partial charge in [-0.1, -0.05) is 26.0 Å². The first-order chi connectivity index (χ1) is 13.2. The molecule has 1 aromatic carbocycles. The molecule has 2 fully saturated rings. The number of rotatable bonds is 4. The number of likely N-dealkylation sites (tertiary alicyclic amines) is 1. The second kappa shape index (κ2) is 8.47. The summed E-state index contributed by atoms with van der Waals surface area (Å²) in [6.45, 7) is 9.55. The molecule has 2 saturated heterocycles. The van der Waals surface area contributed by atoms with E-state index in [0.29, 0.717) is 24.9 Å². The molecule has 1 amide bonds. The Morgan fingerprint density at radius 1 is 1.14 bits per heavy atom. The predicted molar refractivity (Wildman–Crippen MR) is 105 cm³/mol. The second-order valence-electron chi connectivity index (χ2n) is 8.40. The van der Waals surface area contributed by atoms with Crippen molar-refractivity contribution in [2.24, 2.45) is 11.8 Å².